The average molecular weight is 302 g/mol. The molecule has 2 atom stereocenters. The molecule has 0 saturated carbocycles. The van der Waals surface area contributed by atoms with E-state index in [9.17, 15) is 20.4 Å². The molecule has 2 rings (SSSR count). The van der Waals surface area contributed by atoms with Crippen LogP contribution < -0.4 is 0 Å². The summed E-state index contributed by atoms with van der Waals surface area (Å²) in [4.78, 5) is 0. The van der Waals surface area contributed by atoms with Gasteiger partial charge in [-0.1, -0.05) is 13.0 Å². The van der Waals surface area contributed by atoms with Crippen LogP contribution in [0.4, 0.5) is 0 Å². The maximum atomic E-state index is 10.5. The van der Waals surface area contributed by atoms with Crippen molar-refractivity contribution in [2.24, 2.45) is 0 Å². The Balaban J connectivity index is 2.21. The lowest BCUT2D eigenvalue weighted by molar-refractivity contribution is 0.149. The van der Waals surface area contributed by atoms with Crippen molar-refractivity contribution >= 4 is 0 Å². The van der Waals surface area contributed by atoms with E-state index in [2.05, 4.69) is 0 Å². The van der Waals surface area contributed by atoms with Crippen LogP contribution in [0.15, 0.2) is 30.3 Å². The highest BCUT2D eigenvalue weighted by molar-refractivity contribution is 5.43. The molecule has 0 aliphatic heterocycles. The number of hydrogen-bond acceptors (Lipinski definition) is 4. The van der Waals surface area contributed by atoms with Crippen molar-refractivity contribution in [3.63, 3.8) is 0 Å². The zero-order valence-electron chi connectivity index (χ0n) is 13.0. The largest absolute Gasteiger partial charge is 0.508 e. The summed E-state index contributed by atoms with van der Waals surface area (Å²) in [6.07, 6.45) is -0.174. The van der Waals surface area contributed by atoms with Crippen molar-refractivity contribution in [3.05, 3.63) is 52.6 Å². The number of aliphatic hydroxyl groups excluding tert-OH is 1. The molecule has 4 nitrogen and oxygen atoms in total. The molecule has 0 radical (unpaired) electrons. The first-order chi connectivity index (χ1) is 10.3. The SMILES string of the molecule is Cc1cc(O)cc(C)c1C[C@H](O)[C@@H](C)c1ccc(O)c(O)c1. The Morgan fingerprint density at radius 1 is 0.909 bits per heavy atom. The Hall–Kier alpha value is -2.20. The number of hydrogen-bond donors (Lipinski definition) is 4. The van der Waals surface area contributed by atoms with E-state index in [0.717, 1.165) is 22.3 Å². The van der Waals surface area contributed by atoms with Crippen molar-refractivity contribution in [2.75, 3.05) is 0 Å². The van der Waals surface area contributed by atoms with Crippen molar-refractivity contribution in [1.82, 2.24) is 0 Å². The lowest BCUT2D eigenvalue weighted by atomic mass is 9.88. The van der Waals surface area contributed by atoms with Gasteiger partial charge < -0.3 is 20.4 Å². The van der Waals surface area contributed by atoms with Gasteiger partial charge in [0.05, 0.1) is 6.10 Å². The van der Waals surface area contributed by atoms with Crippen molar-refractivity contribution in [3.8, 4) is 17.2 Å². The Morgan fingerprint density at radius 3 is 2.05 bits per heavy atom. The summed E-state index contributed by atoms with van der Waals surface area (Å²) in [6, 6.07) is 7.96. The van der Waals surface area contributed by atoms with Gasteiger partial charge in [0.1, 0.15) is 5.75 Å². The van der Waals surface area contributed by atoms with Crippen LogP contribution in [-0.2, 0) is 6.42 Å². The monoisotopic (exact) mass is 302 g/mol. The molecule has 0 heterocycles. The molecule has 22 heavy (non-hydrogen) atoms. The second kappa shape index (κ2) is 6.28. The fraction of sp³-hybridized carbons (Fsp3) is 0.333. The van der Waals surface area contributed by atoms with Crippen LogP contribution in [0.1, 0.15) is 35.1 Å². The molecule has 4 heteroatoms. The highest BCUT2D eigenvalue weighted by Crippen LogP contribution is 2.31. The number of benzene rings is 2. The van der Waals surface area contributed by atoms with Gasteiger partial charge in [0.15, 0.2) is 11.5 Å². The molecule has 0 saturated heterocycles. The van der Waals surface area contributed by atoms with E-state index < -0.39 is 6.10 Å². The quantitative estimate of drug-likeness (QED) is 0.654. The summed E-state index contributed by atoms with van der Waals surface area (Å²) in [7, 11) is 0. The van der Waals surface area contributed by atoms with Crippen molar-refractivity contribution in [1.29, 1.82) is 0 Å². The van der Waals surface area contributed by atoms with E-state index in [0.29, 0.717) is 6.42 Å². The number of aliphatic hydroxyl groups is 1. The summed E-state index contributed by atoms with van der Waals surface area (Å²) >= 11 is 0. The van der Waals surface area contributed by atoms with E-state index in [1.807, 2.05) is 20.8 Å². The lowest BCUT2D eigenvalue weighted by Gasteiger charge is -2.22. The second-order valence-electron chi connectivity index (χ2n) is 5.87. The minimum atomic E-state index is -0.633. The highest BCUT2D eigenvalue weighted by Gasteiger charge is 2.20. The molecule has 0 aliphatic rings. The Bertz CT molecular complexity index is 656. The van der Waals surface area contributed by atoms with Gasteiger partial charge >= 0.3 is 0 Å². The maximum absolute atomic E-state index is 10.5. The van der Waals surface area contributed by atoms with Crippen LogP contribution in [0.25, 0.3) is 0 Å². The summed E-state index contributed by atoms with van der Waals surface area (Å²) in [5, 5.41) is 39.0. The van der Waals surface area contributed by atoms with Gasteiger partial charge in [0.25, 0.3) is 0 Å². The molecule has 118 valence electrons. The van der Waals surface area contributed by atoms with Gasteiger partial charge in [-0.15, -0.1) is 0 Å². The molecule has 0 aromatic heterocycles. The fourth-order valence-electron chi connectivity index (χ4n) is 2.72. The summed E-state index contributed by atoms with van der Waals surface area (Å²) in [5.41, 5.74) is 3.66. The minimum Gasteiger partial charge on any atom is -0.508 e. The van der Waals surface area contributed by atoms with E-state index >= 15 is 0 Å². The summed E-state index contributed by atoms with van der Waals surface area (Å²) < 4.78 is 0. The normalized spacial score (nSPS) is 13.8. The number of aromatic hydroxyl groups is 3. The van der Waals surface area contributed by atoms with Gasteiger partial charge in [0.2, 0.25) is 0 Å². The third kappa shape index (κ3) is 3.34. The topological polar surface area (TPSA) is 80.9 Å². The van der Waals surface area contributed by atoms with Gasteiger partial charge in [-0.25, -0.2) is 0 Å². The highest BCUT2D eigenvalue weighted by atomic mass is 16.3. The first-order valence-electron chi connectivity index (χ1n) is 7.28. The van der Waals surface area contributed by atoms with Crippen LogP contribution in [-0.4, -0.2) is 26.5 Å². The molecule has 0 amide bonds. The fourth-order valence-corrected chi connectivity index (χ4v) is 2.72. The van der Waals surface area contributed by atoms with Crippen molar-refractivity contribution < 1.29 is 20.4 Å². The van der Waals surface area contributed by atoms with E-state index in [-0.39, 0.29) is 23.2 Å². The zero-order valence-corrected chi connectivity index (χ0v) is 13.0. The van der Waals surface area contributed by atoms with E-state index in [1.54, 1.807) is 18.2 Å². The number of aryl methyl sites for hydroxylation is 2. The number of phenols is 3. The number of rotatable bonds is 4. The molecule has 4 N–H and O–H groups in total. The predicted molar refractivity (Wildman–Crippen MR) is 85.5 cm³/mol. The zero-order chi connectivity index (χ0) is 16.4. The molecule has 0 unspecified atom stereocenters. The minimum absolute atomic E-state index is 0.171. The Morgan fingerprint density at radius 2 is 1.50 bits per heavy atom. The Labute approximate surface area is 130 Å². The van der Waals surface area contributed by atoms with Gasteiger partial charge in [0, 0.05) is 5.92 Å². The number of phenolic OH excluding ortho intramolecular Hbond substituents is 3. The molecule has 0 aliphatic carbocycles. The van der Waals surface area contributed by atoms with Crippen LogP contribution in [0.2, 0.25) is 0 Å². The van der Waals surface area contributed by atoms with Crippen LogP contribution in [0, 0.1) is 13.8 Å². The summed E-state index contributed by atoms with van der Waals surface area (Å²) in [6.45, 7) is 5.69. The molecule has 0 spiro atoms. The summed E-state index contributed by atoms with van der Waals surface area (Å²) in [5.74, 6) is -0.326. The van der Waals surface area contributed by atoms with Crippen molar-refractivity contribution in [2.45, 2.75) is 39.2 Å². The lowest BCUT2D eigenvalue weighted by Crippen LogP contribution is -2.19. The predicted octanol–water partition coefficient (Wildman–Crippen LogP) is 3.13. The molecular formula is C18H22O4. The molecular weight excluding hydrogens is 280 g/mol. The van der Waals surface area contributed by atoms with Crippen LogP contribution in [0.5, 0.6) is 17.2 Å². The van der Waals surface area contributed by atoms with Gasteiger partial charge in [-0.2, -0.15) is 0 Å². The van der Waals surface area contributed by atoms with Gasteiger partial charge in [-0.3, -0.25) is 0 Å². The first kappa shape index (κ1) is 16.2. The first-order valence-corrected chi connectivity index (χ1v) is 7.28. The average Bonchev–Trinajstić information content (AvgIpc) is 2.44. The van der Waals surface area contributed by atoms with Crippen LogP contribution in [0.3, 0.4) is 0 Å². The van der Waals surface area contributed by atoms with E-state index in [1.165, 1.54) is 12.1 Å². The second-order valence-corrected chi connectivity index (χ2v) is 5.87. The standard InChI is InChI=1S/C18H22O4/c1-10-6-14(19)7-11(2)15(10)9-17(21)12(3)13-4-5-16(20)18(22)8-13/h4-8,12,17,19-22H,9H2,1-3H3/t12-,17-/m0/s1. The molecule has 2 aromatic rings. The smallest absolute Gasteiger partial charge is 0.157 e. The Kier molecular flexibility index (Phi) is 4.62. The third-order valence-electron chi connectivity index (χ3n) is 4.20. The van der Waals surface area contributed by atoms with Crippen LogP contribution >= 0.6 is 0 Å². The van der Waals surface area contributed by atoms with E-state index in [4.69, 9.17) is 0 Å². The molecule has 0 bridgehead atoms. The molecule has 0 fully saturated rings. The molecule has 2 aromatic carbocycles. The third-order valence-corrected chi connectivity index (χ3v) is 4.20. The maximum Gasteiger partial charge on any atom is 0.157 e. The van der Waals surface area contributed by atoms with Gasteiger partial charge in [-0.05, 0) is 66.8 Å².